The third-order valence-corrected chi connectivity index (χ3v) is 0.750. The van der Waals surface area contributed by atoms with E-state index in [-0.39, 0.29) is 0 Å². The Morgan fingerprint density at radius 3 is 2.00 bits per heavy atom. The van der Waals surface area contributed by atoms with Crippen LogP contribution < -0.4 is 0 Å². The van der Waals surface area contributed by atoms with Crippen LogP contribution in [0.1, 0.15) is 0 Å². The number of hydrogen-bond donors (Lipinski definition) is 0. The molecule has 0 radical (unpaired) electrons. The van der Waals surface area contributed by atoms with Gasteiger partial charge in [0.15, 0.2) is 5.83 Å². The maximum Gasteiger partial charge on any atom is 0.289 e. The van der Waals surface area contributed by atoms with E-state index < -0.39 is 12.3 Å². The number of rotatable bonds is 1. The second-order valence-corrected chi connectivity index (χ2v) is 1.25. The van der Waals surface area contributed by atoms with E-state index in [0.29, 0.717) is 4.99 Å². The second kappa shape index (κ2) is 3.07. The summed E-state index contributed by atoms with van der Waals surface area (Å²) >= 11 is 2.40. The number of hydrogen-bond acceptors (Lipinski definition) is 0. The summed E-state index contributed by atoms with van der Waals surface area (Å²) in [7, 11) is 0. The molecule has 42 valence electrons. The second-order valence-electron chi connectivity index (χ2n) is 0.795. The van der Waals surface area contributed by atoms with Crippen molar-refractivity contribution in [2.75, 3.05) is 0 Å². The van der Waals surface area contributed by atoms with Gasteiger partial charge in [0.1, 0.15) is 0 Å². The molecule has 0 aliphatic carbocycles. The summed E-state index contributed by atoms with van der Waals surface area (Å²) < 4.78 is 33.2. The monoisotopic (exact) mass is 174 g/mol. The first-order valence-electron chi connectivity index (χ1n) is 1.42. The third-order valence-electron chi connectivity index (χ3n) is 0.313. The van der Waals surface area contributed by atoms with Crippen molar-refractivity contribution in [1.29, 1.82) is 0 Å². The van der Waals surface area contributed by atoms with E-state index in [9.17, 15) is 13.2 Å². The minimum atomic E-state index is -2.99. The molecule has 4 heteroatoms. The van der Waals surface area contributed by atoms with Crippen molar-refractivity contribution in [3.63, 3.8) is 0 Å². The summed E-state index contributed by atoms with van der Waals surface area (Å²) in [4.78, 5) is 0.553. The highest BCUT2D eigenvalue weighted by Gasteiger charge is 2.06. The zero-order valence-corrected chi connectivity index (χ0v) is 4.75. The lowest BCUT2D eigenvalue weighted by Crippen LogP contribution is -1.86. The summed E-state index contributed by atoms with van der Waals surface area (Å²) in [5, 5.41) is 0. The highest BCUT2D eigenvalue weighted by molar-refractivity contribution is 9.11. The van der Waals surface area contributed by atoms with Crippen molar-refractivity contribution in [3.05, 3.63) is 10.8 Å². The molecule has 0 rings (SSSR count). The van der Waals surface area contributed by atoms with Crippen molar-refractivity contribution < 1.29 is 13.2 Å². The first kappa shape index (κ1) is 7.01. The minimum Gasteiger partial charge on any atom is -0.205 e. The fourth-order valence-corrected chi connectivity index (χ4v) is 0.247. The predicted molar refractivity (Wildman–Crippen MR) is 24.1 cm³/mol. The van der Waals surface area contributed by atoms with Crippen molar-refractivity contribution in [3.8, 4) is 0 Å². The molecule has 0 saturated carbocycles. The summed E-state index contributed by atoms with van der Waals surface area (Å²) in [6.45, 7) is 0. The van der Waals surface area contributed by atoms with E-state index in [1.54, 1.807) is 0 Å². The lowest BCUT2D eigenvalue weighted by Gasteiger charge is -1.86. The van der Waals surface area contributed by atoms with Crippen molar-refractivity contribution >= 4 is 15.9 Å². The van der Waals surface area contributed by atoms with E-state index in [1.165, 1.54) is 0 Å². The van der Waals surface area contributed by atoms with E-state index in [0.717, 1.165) is 0 Å². The Balaban J connectivity index is 3.56. The van der Waals surface area contributed by atoms with Crippen LogP contribution in [0.25, 0.3) is 0 Å². The molecule has 0 nitrogen and oxygen atoms in total. The van der Waals surface area contributed by atoms with Crippen LogP contribution in [0.3, 0.4) is 0 Å². The van der Waals surface area contributed by atoms with Crippen LogP contribution in [0.4, 0.5) is 13.2 Å². The van der Waals surface area contributed by atoms with Gasteiger partial charge in [0.05, 0.1) is 0 Å². The molecular weight excluding hydrogens is 173 g/mol. The molecule has 0 heterocycles. The smallest absolute Gasteiger partial charge is 0.205 e. The number of allylic oxidation sites excluding steroid dienone is 1. The SMILES string of the molecule is F/C(=C\Br)C(F)F. The largest absolute Gasteiger partial charge is 0.289 e. The van der Waals surface area contributed by atoms with E-state index in [2.05, 4.69) is 15.9 Å². The minimum absolute atomic E-state index is 0.553. The van der Waals surface area contributed by atoms with Gasteiger partial charge in [-0.05, 0) is 0 Å². The molecule has 0 aromatic rings. The lowest BCUT2D eigenvalue weighted by molar-refractivity contribution is 0.159. The van der Waals surface area contributed by atoms with Gasteiger partial charge in [0, 0.05) is 4.99 Å². The van der Waals surface area contributed by atoms with Crippen LogP contribution >= 0.6 is 15.9 Å². The fourth-order valence-electron chi connectivity index (χ4n) is 0.0476. The lowest BCUT2D eigenvalue weighted by atomic mass is 10.6. The van der Waals surface area contributed by atoms with Gasteiger partial charge in [-0.25, -0.2) is 13.2 Å². The van der Waals surface area contributed by atoms with Gasteiger partial charge < -0.3 is 0 Å². The normalized spacial score (nSPS) is 13.0. The van der Waals surface area contributed by atoms with Gasteiger partial charge in [0.25, 0.3) is 6.43 Å². The molecule has 0 fully saturated rings. The Labute approximate surface area is 47.1 Å². The van der Waals surface area contributed by atoms with Crippen LogP contribution in [0.5, 0.6) is 0 Å². The van der Waals surface area contributed by atoms with Gasteiger partial charge in [0.2, 0.25) is 0 Å². The van der Waals surface area contributed by atoms with Crippen LogP contribution in [-0.2, 0) is 0 Å². The van der Waals surface area contributed by atoms with Crippen molar-refractivity contribution in [2.45, 2.75) is 6.43 Å². The quantitative estimate of drug-likeness (QED) is 0.574. The van der Waals surface area contributed by atoms with Crippen LogP contribution in [-0.4, -0.2) is 6.43 Å². The summed E-state index contributed by atoms with van der Waals surface area (Å²) in [6.07, 6.45) is -2.99. The maximum atomic E-state index is 11.3. The first-order chi connectivity index (χ1) is 3.18. The van der Waals surface area contributed by atoms with Gasteiger partial charge in [-0.2, -0.15) is 0 Å². The molecule has 0 aromatic carbocycles. The Morgan fingerprint density at radius 1 is 1.57 bits per heavy atom. The maximum absolute atomic E-state index is 11.3. The van der Waals surface area contributed by atoms with E-state index in [1.807, 2.05) is 0 Å². The zero-order chi connectivity index (χ0) is 5.86. The van der Waals surface area contributed by atoms with Gasteiger partial charge in [-0.1, -0.05) is 15.9 Å². The Kier molecular flexibility index (Phi) is 3.07. The fraction of sp³-hybridized carbons (Fsp3) is 0.333. The van der Waals surface area contributed by atoms with Gasteiger partial charge in [-0.3, -0.25) is 0 Å². The Bertz CT molecular complexity index is 78.2. The molecule has 0 aliphatic heterocycles. The first-order valence-corrected chi connectivity index (χ1v) is 2.34. The molecule has 0 N–H and O–H groups in total. The Morgan fingerprint density at radius 2 is 2.00 bits per heavy atom. The van der Waals surface area contributed by atoms with Crippen LogP contribution in [0.2, 0.25) is 0 Å². The highest BCUT2D eigenvalue weighted by Crippen LogP contribution is 2.10. The van der Waals surface area contributed by atoms with E-state index >= 15 is 0 Å². The molecule has 7 heavy (non-hydrogen) atoms. The third kappa shape index (κ3) is 2.68. The van der Waals surface area contributed by atoms with E-state index in [4.69, 9.17) is 0 Å². The molecule has 0 bridgehead atoms. The summed E-state index contributed by atoms with van der Waals surface area (Å²) in [5.41, 5.74) is 0. The Hall–Kier alpha value is 0.01000. The predicted octanol–water partition coefficient (Wildman–Crippen LogP) is 2.46. The van der Waals surface area contributed by atoms with Gasteiger partial charge >= 0.3 is 0 Å². The molecule has 0 aromatic heterocycles. The van der Waals surface area contributed by atoms with Crippen molar-refractivity contribution in [1.82, 2.24) is 0 Å². The molecule has 0 spiro atoms. The van der Waals surface area contributed by atoms with Crippen LogP contribution in [0.15, 0.2) is 10.8 Å². The molecule has 0 atom stereocenters. The topological polar surface area (TPSA) is 0 Å². The number of halogens is 4. The summed E-state index contributed by atoms with van der Waals surface area (Å²) in [5.74, 6) is -1.44. The zero-order valence-electron chi connectivity index (χ0n) is 3.17. The average molecular weight is 175 g/mol. The molecule has 0 unspecified atom stereocenters. The van der Waals surface area contributed by atoms with Crippen molar-refractivity contribution in [2.24, 2.45) is 0 Å². The highest BCUT2D eigenvalue weighted by atomic mass is 79.9. The molecule has 0 aliphatic rings. The van der Waals surface area contributed by atoms with Gasteiger partial charge in [-0.15, -0.1) is 0 Å². The van der Waals surface area contributed by atoms with Crippen LogP contribution in [0, 0.1) is 0 Å². The molecule has 0 saturated heterocycles. The number of alkyl halides is 2. The summed E-state index contributed by atoms with van der Waals surface area (Å²) in [6, 6.07) is 0. The molecular formula is C3H2BrF3. The molecule has 0 amide bonds. The average Bonchev–Trinajstić information content (AvgIpc) is 1.65. The standard InChI is InChI=1S/C3H2BrF3/c4-1-2(5)3(6)7/h1,3H/b2-1-.